The van der Waals surface area contributed by atoms with Crippen LogP contribution in [0.1, 0.15) is 24.0 Å². The fourth-order valence-corrected chi connectivity index (χ4v) is 4.31. The molecular formula is C19H26BrN5S. The number of nitrogens with zero attached hydrogens (tertiary/aromatic N) is 3. The maximum Gasteiger partial charge on any atom is 0.191 e. The van der Waals surface area contributed by atoms with E-state index in [0.717, 1.165) is 60.2 Å². The number of para-hydroxylation sites is 1. The SMILES string of the molecule is CCNC(=NCCc1csc(C)n1)NC1CCN(c2ccccc2Br)C1. The van der Waals surface area contributed by atoms with E-state index in [-0.39, 0.29) is 0 Å². The van der Waals surface area contributed by atoms with Crippen molar-refractivity contribution >= 4 is 38.9 Å². The number of nitrogens with one attached hydrogen (secondary N) is 2. The van der Waals surface area contributed by atoms with Crippen LogP contribution in [0.25, 0.3) is 0 Å². The van der Waals surface area contributed by atoms with Crippen molar-refractivity contribution < 1.29 is 0 Å². The Morgan fingerprint density at radius 3 is 3.00 bits per heavy atom. The van der Waals surface area contributed by atoms with Gasteiger partial charge in [0.2, 0.25) is 0 Å². The molecule has 1 aliphatic rings. The molecule has 140 valence electrons. The van der Waals surface area contributed by atoms with Crippen molar-refractivity contribution in [2.24, 2.45) is 4.99 Å². The lowest BCUT2D eigenvalue weighted by Crippen LogP contribution is -2.44. The summed E-state index contributed by atoms with van der Waals surface area (Å²) in [6, 6.07) is 8.82. The topological polar surface area (TPSA) is 52.6 Å². The average Bonchev–Trinajstić information content (AvgIpc) is 3.25. The van der Waals surface area contributed by atoms with E-state index in [9.17, 15) is 0 Å². The normalized spacial score (nSPS) is 17.6. The van der Waals surface area contributed by atoms with Crippen LogP contribution in [0.4, 0.5) is 5.69 Å². The summed E-state index contributed by atoms with van der Waals surface area (Å²) in [5, 5.41) is 10.2. The number of aryl methyl sites for hydroxylation is 1. The summed E-state index contributed by atoms with van der Waals surface area (Å²) in [6.45, 7) is 7.79. The summed E-state index contributed by atoms with van der Waals surface area (Å²) < 4.78 is 1.15. The molecule has 1 saturated heterocycles. The minimum absolute atomic E-state index is 0.404. The molecule has 1 unspecified atom stereocenters. The number of aliphatic imine (C=N–C) groups is 1. The number of benzene rings is 1. The van der Waals surface area contributed by atoms with Gasteiger partial charge >= 0.3 is 0 Å². The molecule has 1 aliphatic heterocycles. The van der Waals surface area contributed by atoms with Gasteiger partial charge in [0.25, 0.3) is 0 Å². The number of rotatable bonds is 6. The molecule has 2 N–H and O–H groups in total. The van der Waals surface area contributed by atoms with E-state index in [1.165, 1.54) is 5.69 Å². The van der Waals surface area contributed by atoms with Crippen molar-refractivity contribution in [3.63, 3.8) is 0 Å². The molecule has 26 heavy (non-hydrogen) atoms. The molecule has 7 heteroatoms. The Balaban J connectivity index is 1.54. The lowest BCUT2D eigenvalue weighted by molar-refractivity contribution is 0.649. The van der Waals surface area contributed by atoms with Gasteiger partial charge in [-0.05, 0) is 48.3 Å². The molecule has 2 aromatic rings. The van der Waals surface area contributed by atoms with Crippen LogP contribution in [-0.4, -0.2) is 43.2 Å². The van der Waals surface area contributed by atoms with Crippen molar-refractivity contribution in [2.75, 3.05) is 31.1 Å². The van der Waals surface area contributed by atoms with Gasteiger partial charge < -0.3 is 15.5 Å². The summed E-state index contributed by atoms with van der Waals surface area (Å²) in [7, 11) is 0. The Hall–Kier alpha value is -1.60. The number of hydrogen-bond donors (Lipinski definition) is 2. The van der Waals surface area contributed by atoms with Gasteiger partial charge in [-0.3, -0.25) is 4.99 Å². The Kier molecular flexibility index (Phi) is 6.91. The van der Waals surface area contributed by atoms with E-state index >= 15 is 0 Å². The number of aromatic nitrogens is 1. The van der Waals surface area contributed by atoms with E-state index in [0.29, 0.717) is 6.04 Å². The molecule has 0 bridgehead atoms. The Bertz CT molecular complexity index is 745. The first-order chi connectivity index (χ1) is 12.7. The molecule has 5 nitrogen and oxygen atoms in total. The van der Waals surface area contributed by atoms with Gasteiger partial charge in [0.1, 0.15) is 0 Å². The molecule has 1 fully saturated rings. The first-order valence-corrected chi connectivity index (χ1v) is 10.8. The van der Waals surface area contributed by atoms with Crippen LogP contribution < -0.4 is 15.5 Å². The minimum atomic E-state index is 0.404. The van der Waals surface area contributed by atoms with Crippen LogP contribution in [0.2, 0.25) is 0 Å². The van der Waals surface area contributed by atoms with Crippen LogP contribution in [0.5, 0.6) is 0 Å². The summed E-state index contributed by atoms with van der Waals surface area (Å²) in [6.07, 6.45) is 1.99. The second kappa shape index (κ2) is 9.37. The van der Waals surface area contributed by atoms with E-state index < -0.39 is 0 Å². The smallest absolute Gasteiger partial charge is 0.191 e. The Morgan fingerprint density at radius 1 is 1.42 bits per heavy atom. The van der Waals surface area contributed by atoms with Gasteiger partial charge in [0.05, 0.1) is 16.4 Å². The summed E-state index contributed by atoms with van der Waals surface area (Å²) in [5.74, 6) is 0.901. The van der Waals surface area contributed by atoms with Crippen molar-refractivity contribution in [3.8, 4) is 0 Å². The van der Waals surface area contributed by atoms with Gasteiger partial charge in [-0.25, -0.2) is 4.98 Å². The first kappa shape index (κ1) is 19.2. The van der Waals surface area contributed by atoms with Crippen LogP contribution in [-0.2, 0) is 6.42 Å². The zero-order chi connectivity index (χ0) is 18.4. The molecule has 0 radical (unpaired) electrons. The lowest BCUT2D eigenvalue weighted by atomic mass is 10.2. The number of thiazole rings is 1. The number of hydrogen-bond acceptors (Lipinski definition) is 4. The van der Waals surface area contributed by atoms with E-state index in [1.807, 2.05) is 6.92 Å². The molecule has 1 aromatic carbocycles. The fourth-order valence-electron chi connectivity index (χ4n) is 3.12. The number of guanidine groups is 1. The van der Waals surface area contributed by atoms with Gasteiger partial charge in [0, 0.05) is 48.5 Å². The summed E-state index contributed by atoms with van der Waals surface area (Å²) >= 11 is 5.36. The van der Waals surface area contributed by atoms with Crippen molar-refractivity contribution in [1.29, 1.82) is 0 Å². The molecule has 3 rings (SSSR count). The molecule has 0 amide bonds. The highest BCUT2D eigenvalue weighted by Crippen LogP contribution is 2.28. The fraction of sp³-hybridized carbons (Fsp3) is 0.474. The standard InChI is InChI=1S/C19H26BrN5S/c1-3-21-19(22-10-8-16-13-26-14(2)23-16)24-15-9-11-25(12-15)18-7-5-4-6-17(18)20/h4-7,13,15H,3,8-12H2,1-2H3,(H2,21,22,24). The van der Waals surface area contributed by atoms with Crippen molar-refractivity contribution in [2.45, 2.75) is 32.7 Å². The predicted molar refractivity (Wildman–Crippen MR) is 114 cm³/mol. The molecule has 2 heterocycles. The largest absolute Gasteiger partial charge is 0.368 e. The van der Waals surface area contributed by atoms with E-state index in [2.05, 4.69) is 73.0 Å². The van der Waals surface area contributed by atoms with E-state index in [1.54, 1.807) is 11.3 Å². The second-order valence-electron chi connectivity index (χ2n) is 6.40. The third-order valence-corrected chi connectivity index (χ3v) is 5.86. The number of anilines is 1. The quantitative estimate of drug-likeness (QED) is 0.537. The summed E-state index contributed by atoms with van der Waals surface area (Å²) in [5.41, 5.74) is 2.39. The van der Waals surface area contributed by atoms with Crippen molar-refractivity contribution in [3.05, 3.63) is 44.8 Å². The molecule has 0 aliphatic carbocycles. The van der Waals surface area contributed by atoms with Crippen LogP contribution >= 0.6 is 27.3 Å². The highest BCUT2D eigenvalue weighted by molar-refractivity contribution is 9.10. The molecular weight excluding hydrogens is 410 g/mol. The molecule has 1 atom stereocenters. The third-order valence-electron chi connectivity index (χ3n) is 4.37. The van der Waals surface area contributed by atoms with Crippen LogP contribution in [0, 0.1) is 6.92 Å². The Morgan fingerprint density at radius 2 is 2.27 bits per heavy atom. The zero-order valence-electron chi connectivity index (χ0n) is 15.3. The third kappa shape index (κ3) is 5.20. The van der Waals surface area contributed by atoms with Crippen LogP contribution in [0.15, 0.2) is 39.1 Å². The molecule has 1 aromatic heterocycles. The van der Waals surface area contributed by atoms with Crippen LogP contribution in [0.3, 0.4) is 0 Å². The van der Waals surface area contributed by atoms with Gasteiger partial charge in [0.15, 0.2) is 5.96 Å². The molecule has 0 saturated carbocycles. The minimum Gasteiger partial charge on any atom is -0.368 e. The zero-order valence-corrected chi connectivity index (χ0v) is 17.7. The lowest BCUT2D eigenvalue weighted by Gasteiger charge is -2.21. The predicted octanol–water partition coefficient (Wildman–Crippen LogP) is 3.59. The second-order valence-corrected chi connectivity index (χ2v) is 8.31. The average molecular weight is 436 g/mol. The monoisotopic (exact) mass is 435 g/mol. The van der Waals surface area contributed by atoms with Gasteiger partial charge in [-0.1, -0.05) is 12.1 Å². The first-order valence-electron chi connectivity index (χ1n) is 9.11. The molecule has 0 spiro atoms. The Labute approximate surface area is 168 Å². The highest BCUT2D eigenvalue weighted by atomic mass is 79.9. The maximum absolute atomic E-state index is 4.73. The summed E-state index contributed by atoms with van der Waals surface area (Å²) in [4.78, 5) is 11.7. The highest BCUT2D eigenvalue weighted by Gasteiger charge is 2.24. The van der Waals surface area contributed by atoms with Crippen molar-refractivity contribution in [1.82, 2.24) is 15.6 Å². The maximum atomic E-state index is 4.73. The van der Waals surface area contributed by atoms with Gasteiger partial charge in [-0.2, -0.15) is 0 Å². The van der Waals surface area contributed by atoms with E-state index in [4.69, 9.17) is 4.99 Å². The van der Waals surface area contributed by atoms with Gasteiger partial charge in [-0.15, -0.1) is 11.3 Å². The number of halogens is 1.